The van der Waals surface area contributed by atoms with Crippen molar-refractivity contribution in [2.45, 2.75) is 25.8 Å². The van der Waals surface area contributed by atoms with Crippen LogP contribution < -0.4 is 10.6 Å². The summed E-state index contributed by atoms with van der Waals surface area (Å²) in [6.45, 7) is 2.09. The van der Waals surface area contributed by atoms with Crippen molar-refractivity contribution in [3.8, 4) is 0 Å². The van der Waals surface area contributed by atoms with E-state index in [-0.39, 0.29) is 28.0 Å². The molecule has 114 valence electrons. The number of nitrogens with zero attached hydrogens (tertiary/aromatic N) is 1. The number of ether oxygens (including phenoxy) is 1. The van der Waals surface area contributed by atoms with E-state index in [1.807, 2.05) is 0 Å². The van der Waals surface area contributed by atoms with E-state index < -0.39 is 5.82 Å². The summed E-state index contributed by atoms with van der Waals surface area (Å²) in [5, 5.41) is 0. The van der Waals surface area contributed by atoms with Crippen molar-refractivity contribution in [2.75, 3.05) is 18.1 Å². The SMILES string of the molecule is CCOC(=O)CN(c1ccc(C(N)=S)c(Br)c1F)C1CC1. The Bertz CT molecular complexity index is 578. The first-order chi connectivity index (χ1) is 9.95. The molecule has 0 saturated heterocycles. The van der Waals surface area contributed by atoms with Gasteiger partial charge in [-0.15, -0.1) is 0 Å². The maximum absolute atomic E-state index is 14.5. The third-order valence-electron chi connectivity index (χ3n) is 3.23. The fourth-order valence-electron chi connectivity index (χ4n) is 2.09. The van der Waals surface area contributed by atoms with Crippen molar-refractivity contribution >= 4 is 44.8 Å². The largest absolute Gasteiger partial charge is 0.465 e. The van der Waals surface area contributed by atoms with Crippen LogP contribution in [0.2, 0.25) is 0 Å². The van der Waals surface area contributed by atoms with Crippen molar-refractivity contribution < 1.29 is 13.9 Å². The highest BCUT2D eigenvalue weighted by Crippen LogP contribution is 2.36. The molecule has 1 fully saturated rings. The molecular formula is C14H16BrFN2O2S. The summed E-state index contributed by atoms with van der Waals surface area (Å²) >= 11 is 8.06. The molecule has 4 nitrogen and oxygen atoms in total. The van der Waals surface area contributed by atoms with Gasteiger partial charge in [-0.05, 0) is 47.8 Å². The van der Waals surface area contributed by atoms with E-state index in [1.54, 1.807) is 24.0 Å². The van der Waals surface area contributed by atoms with Gasteiger partial charge in [0, 0.05) is 11.6 Å². The predicted octanol–water partition coefficient (Wildman–Crippen LogP) is 2.75. The van der Waals surface area contributed by atoms with E-state index in [0.717, 1.165) is 12.8 Å². The average Bonchev–Trinajstić information content (AvgIpc) is 3.24. The van der Waals surface area contributed by atoms with Crippen molar-refractivity contribution in [1.82, 2.24) is 0 Å². The molecule has 0 bridgehead atoms. The first-order valence-corrected chi connectivity index (χ1v) is 7.85. The molecule has 1 aromatic rings. The zero-order valence-electron chi connectivity index (χ0n) is 11.6. The molecular weight excluding hydrogens is 359 g/mol. The second-order valence-electron chi connectivity index (χ2n) is 4.79. The summed E-state index contributed by atoms with van der Waals surface area (Å²) in [4.78, 5) is 13.6. The quantitative estimate of drug-likeness (QED) is 0.612. The number of anilines is 1. The van der Waals surface area contributed by atoms with Crippen molar-refractivity contribution in [3.05, 3.63) is 28.0 Å². The monoisotopic (exact) mass is 374 g/mol. The van der Waals surface area contributed by atoms with E-state index in [1.165, 1.54) is 0 Å². The van der Waals surface area contributed by atoms with Crippen molar-refractivity contribution in [1.29, 1.82) is 0 Å². The highest BCUT2D eigenvalue weighted by Gasteiger charge is 2.33. The molecule has 1 aliphatic carbocycles. The fourth-order valence-corrected chi connectivity index (χ4v) is 2.94. The van der Waals surface area contributed by atoms with E-state index in [9.17, 15) is 9.18 Å². The van der Waals surface area contributed by atoms with E-state index in [0.29, 0.717) is 17.9 Å². The second kappa shape index (κ2) is 6.70. The van der Waals surface area contributed by atoms with Crippen LogP contribution in [0.5, 0.6) is 0 Å². The van der Waals surface area contributed by atoms with Gasteiger partial charge in [-0.3, -0.25) is 4.79 Å². The van der Waals surface area contributed by atoms with E-state index in [4.69, 9.17) is 22.7 Å². The Kier molecular flexibility index (Phi) is 5.16. The minimum atomic E-state index is -0.462. The molecule has 2 N–H and O–H groups in total. The number of nitrogens with two attached hydrogens (primary N) is 1. The third kappa shape index (κ3) is 3.71. The number of hydrogen-bond acceptors (Lipinski definition) is 4. The Morgan fingerprint density at radius 2 is 2.24 bits per heavy atom. The summed E-state index contributed by atoms with van der Waals surface area (Å²) in [6.07, 6.45) is 1.88. The number of rotatable bonds is 6. The number of carbonyl (C=O) groups is 1. The number of esters is 1. The summed E-state index contributed by atoms with van der Waals surface area (Å²) in [6, 6.07) is 3.43. The lowest BCUT2D eigenvalue weighted by molar-refractivity contribution is -0.141. The Morgan fingerprint density at radius 3 is 2.76 bits per heavy atom. The third-order valence-corrected chi connectivity index (χ3v) is 4.22. The first-order valence-electron chi connectivity index (χ1n) is 6.65. The maximum atomic E-state index is 14.5. The van der Waals surface area contributed by atoms with Crippen LogP contribution in [0.4, 0.5) is 10.1 Å². The molecule has 21 heavy (non-hydrogen) atoms. The van der Waals surface area contributed by atoms with Crippen molar-refractivity contribution in [3.63, 3.8) is 0 Å². The molecule has 0 unspecified atom stereocenters. The van der Waals surface area contributed by atoms with Crippen molar-refractivity contribution in [2.24, 2.45) is 5.73 Å². The minimum Gasteiger partial charge on any atom is -0.465 e. The minimum absolute atomic E-state index is 0.0360. The number of benzene rings is 1. The van der Waals surface area contributed by atoms with Crippen LogP contribution in [0.15, 0.2) is 16.6 Å². The molecule has 0 aliphatic heterocycles. The maximum Gasteiger partial charge on any atom is 0.325 e. The molecule has 0 aromatic heterocycles. The standard InChI is InChI=1S/C14H16BrFN2O2S/c1-2-20-11(19)7-18(8-3-4-8)10-6-5-9(14(17)21)12(15)13(10)16/h5-6,8H,2-4,7H2,1H3,(H2,17,21). The first kappa shape index (κ1) is 16.2. The summed E-state index contributed by atoms with van der Waals surface area (Å²) in [5.74, 6) is -0.824. The normalized spacial score (nSPS) is 13.9. The van der Waals surface area contributed by atoms with Gasteiger partial charge in [-0.2, -0.15) is 0 Å². The molecule has 0 amide bonds. The van der Waals surface area contributed by atoms with Gasteiger partial charge in [-0.25, -0.2) is 4.39 Å². The van der Waals surface area contributed by atoms with Gasteiger partial charge in [0.15, 0.2) is 5.82 Å². The molecule has 7 heteroatoms. The molecule has 1 aliphatic rings. The van der Waals surface area contributed by atoms with Gasteiger partial charge in [0.2, 0.25) is 0 Å². The van der Waals surface area contributed by atoms with Crippen LogP contribution in [0, 0.1) is 5.82 Å². The number of carbonyl (C=O) groups excluding carboxylic acids is 1. The zero-order valence-corrected chi connectivity index (χ0v) is 14.0. The second-order valence-corrected chi connectivity index (χ2v) is 6.02. The lowest BCUT2D eigenvalue weighted by atomic mass is 10.1. The molecule has 1 saturated carbocycles. The van der Waals surface area contributed by atoms with Crippen LogP contribution in [-0.4, -0.2) is 30.2 Å². The zero-order chi connectivity index (χ0) is 15.6. The summed E-state index contributed by atoms with van der Waals surface area (Å²) < 4.78 is 19.7. The van der Waals surface area contributed by atoms with Crippen LogP contribution in [-0.2, 0) is 9.53 Å². The van der Waals surface area contributed by atoms with Crippen LogP contribution in [0.25, 0.3) is 0 Å². The average molecular weight is 375 g/mol. The van der Waals surface area contributed by atoms with Crippen LogP contribution >= 0.6 is 28.1 Å². The highest BCUT2D eigenvalue weighted by atomic mass is 79.9. The Labute approximate surface area is 136 Å². The van der Waals surface area contributed by atoms with E-state index >= 15 is 0 Å². The molecule has 0 heterocycles. The van der Waals surface area contributed by atoms with Gasteiger partial charge in [-0.1, -0.05) is 12.2 Å². The number of hydrogen-bond donors (Lipinski definition) is 1. The topological polar surface area (TPSA) is 55.6 Å². The Balaban J connectivity index is 2.31. The van der Waals surface area contributed by atoms with Crippen LogP contribution in [0.1, 0.15) is 25.3 Å². The summed E-state index contributed by atoms with van der Waals surface area (Å²) in [5.41, 5.74) is 6.35. The lowest BCUT2D eigenvalue weighted by Crippen LogP contribution is -2.33. The molecule has 0 radical (unpaired) electrons. The molecule has 0 atom stereocenters. The van der Waals surface area contributed by atoms with E-state index in [2.05, 4.69) is 15.9 Å². The van der Waals surface area contributed by atoms with Crippen LogP contribution in [0.3, 0.4) is 0 Å². The Morgan fingerprint density at radius 1 is 1.57 bits per heavy atom. The van der Waals surface area contributed by atoms with Gasteiger partial charge in [0.05, 0.1) is 16.8 Å². The van der Waals surface area contributed by atoms with Gasteiger partial charge < -0.3 is 15.4 Å². The lowest BCUT2D eigenvalue weighted by Gasteiger charge is -2.25. The smallest absolute Gasteiger partial charge is 0.325 e. The fraction of sp³-hybridized carbons (Fsp3) is 0.429. The highest BCUT2D eigenvalue weighted by molar-refractivity contribution is 9.10. The number of halogens is 2. The predicted molar refractivity (Wildman–Crippen MR) is 87.0 cm³/mol. The molecule has 1 aromatic carbocycles. The number of thiocarbonyl (C=S) groups is 1. The van der Waals surface area contributed by atoms with Gasteiger partial charge >= 0.3 is 5.97 Å². The summed E-state index contributed by atoms with van der Waals surface area (Å²) in [7, 11) is 0. The van der Waals surface area contributed by atoms with Gasteiger partial charge in [0.1, 0.15) is 11.5 Å². The van der Waals surface area contributed by atoms with Gasteiger partial charge in [0.25, 0.3) is 0 Å². The Hall–Kier alpha value is -1.21. The molecule has 2 rings (SSSR count). The molecule has 0 spiro atoms.